The molecule has 10 heteroatoms. The molecule has 0 saturated heterocycles. The number of rotatable bonds is 5. The highest BCUT2D eigenvalue weighted by atomic mass is 16.5. The van der Waals surface area contributed by atoms with Crippen LogP contribution in [0, 0.1) is 0 Å². The molecule has 0 aliphatic carbocycles. The van der Waals surface area contributed by atoms with Gasteiger partial charge in [0.1, 0.15) is 6.54 Å². The fourth-order valence-electron chi connectivity index (χ4n) is 1.64. The summed E-state index contributed by atoms with van der Waals surface area (Å²) in [6.07, 6.45) is 0. The van der Waals surface area contributed by atoms with Gasteiger partial charge in [0, 0.05) is 12.6 Å². The van der Waals surface area contributed by atoms with E-state index in [1.807, 2.05) is 5.32 Å². The number of urea groups is 1. The van der Waals surface area contributed by atoms with Gasteiger partial charge in [-0.25, -0.2) is 9.59 Å². The van der Waals surface area contributed by atoms with Crippen LogP contribution < -0.4 is 16.4 Å². The van der Waals surface area contributed by atoms with Crippen LogP contribution in [-0.2, 0) is 20.9 Å². The Hall–Kier alpha value is -3.43. The Morgan fingerprint density at radius 3 is 2.62 bits per heavy atom. The van der Waals surface area contributed by atoms with Crippen molar-refractivity contribution < 1.29 is 23.5 Å². The zero-order valence-corrected chi connectivity index (χ0v) is 12.6. The second-order valence-corrected chi connectivity index (χ2v) is 4.48. The zero-order valence-electron chi connectivity index (χ0n) is 12.6. The summed E-state index contributed by atoms with van der Waals surface area (Å²) in [4.78, 5) is 45.5. The second kappa shape index (κ2) is 7.72. The molecule has 2 aromatic rings. The molecule has 1 aromatic heterocycles. The largest absolute Gasteiger partial charge is 0.454 e. The number of hydrogen-bond donors (Lipinski definition) is 2. The van der Waals surface area contributed by atoms with Crippen LogP contribution in [0.4, 0.5) is 4.79 Å². The van der Waals surface area contributed by atoms with Gasteiger partial charge < -0.3 is 14.5 Å². The van der Waals surface area contributed by atoms with E-state index in [4.69, 9.17) is 4.42 Å². The van der Waals surface area contributed by atoms with E-state index in [1.165, 1.54) is 7.05 Å². The van der Waals surface area contributed by atoms with Crippen molar-refractivity contribution in [1.82, 2.24) is 20.4 Å². The highest BCUT2D eigenvalue weighted by molar-refractivity contribution is 5.95. The fraction of sp³-hybridized carbons (Fsp3) is 0.214. The molecule has 0 aliphatic heterocycles. The number of hydrogen-bond acceptors (Lipinski definition) is 7. The highest BCUT2D eigenvalue weighted by Gasteiger charge is 2.15. The third-order valence-electron chi connectivity index (χ3n) is 2.75. The molecule has 0 spiro atoms. The summed E-state index contributed by atoms with van der Waals surface area (Å²) in [6.45, 7) is -1.19. The Kier molecular flexibility index (Phi) is 5.45. The van der Waals surface area contributed by atoms with Crippen LogP contribution in [0.15, 0.2) is 39.5 Å². The average Bonchev–Trinajstić information content (AvgIpc) is 2.94. The molecule has 0 bridgehead atoms. The minimum atomic E-state index is -0.878. The molecule has 0 atom stereocenters. The maximum atomic E-state index is 11.7. The lowest BCUT2D eigenvalue weighted by Crippen LogP contribution is -2.40. The van der Waals surface area contributed by atoms with E-state index >= 15 is 0 Å². The third kappa shape index (κ3) is 4.53. The zero-order chi connectivity index (χ0) is 17.5. The summed E-state index contributed by atoms with van der Waals surface area (Å²) < 4.78 is 10.4. The molecule has 126 valence electrons. The van der Waals surface area contributed by atoms with Gasteiger partial charge in [-0.15, -0.1) is 5.10 Å². The lowest BCUT2D eigenvalue weighted by atomic mass is 10.2. The van der Waals surface area contributed by atoms with Gasteiger partial charge >= 0.3 is 17.8 Å². The first-order valence-corrected chi connectivity index (χ1v) is 6.80. The van der Waals surface area contributed by atoms with E-state index in [2.05, 4.69) is 15.2 Å². The van der Waals surface area contributed by atoms with E-state index < -0.39 is 36.8 Å². The number of benzene rings is 1. The summed E-state index contributed by atoms with van der Waals surface area (Å²) in [5.74, 6) is -2.45. The Balaban J connectivity index is 1.93. The summed E-state index contributed by atoms with van der Waals surface area (Å²) in [7, 11) is 1.33. The smallest absolute Gasteiger partial charge is 0.437 e. The predicted molar refractivity (Wildman–Crippen MR) is 79.8 cm³/mol. The van der Waals surface area contributed by atoms with Gasteiger partial charge in [0.15, 0.2) is 6.61 Å². The first-order valence-electron chi connectivity index (χ1n) is 6.80. The van der Waals surface area contributed by atoms with E-state index in [1.54, 1.807) is 30.3 Å². The average molecular weight is 334 g/mol. The second-order valence-electron chi connectivity index (χ2n) is 4.48. The molecule has 10 nitrogen and oxygen atoms in total. The van der Waals surface area contributed by atoms with E-state index in [-0.39, 0.29) is 5.89 Å². The van der Waals surface area contributed by atoms with Gasteiger partial charge in [-0.1, -0.05) is 18.2 Å². The van der Waals surface area contributed by atoms with Gasteiger partial charge in [0.2, 0.25) is 5.89 Å². The normalized spacial score (nSPS) is 10.0. The van der Waals surface area contributed by atoms with Crippen LogP contribution in [0.1, 0.15) is 0 Å². The maximum absolute atomic E-state index is 11.7. The van der Waals surface area contributed by atoms with Crippen LogP contribution in [-0.4, -0.2) is 41.3 Å². The SMILES string of the molecule is CNC(=O)NC(=O)COC(=O)Cn1nc(-c2ccccc2)oc1=O. The minimum Gasteiger partial charge on any atom is -0.454 e. The van der Waals surface area contributed by atoms with Crippen molar-refractivity contribution in [3.8, 4) is 11.5 Å². The number of esters is 1. The van der Waals surface area contributed by atoms with Gasteiger partial charge in [-0.05, 0) is 12.1 Å². The number of aromatic nitrogens is 2. The summed E-state index contributed by atoms with van der Waals surface area (Å²) in [5, 5.41) is 7.97. The minimum absolute atomic E-state index is 0.0609. The number of ether oxygens (including phenoxy) is 1. The molecule has 0 saturated carbocycles. The lowest BCUT2D eigenvalue weighted by molar-refractivity contribution is -0.149. The van der Waals surface area contributed by atoms with Crippen molar-refractivity contribution in [3.05, 3.63) is 40.9 Å². The number of amides is 3. The molecule has 0 unspecified atom stereocenters. The van der Waals surface area contributed by atoms with Crippen molar-refractivity contribution in [2.24, 2.45) is 0 Å². The molecule has 1 heterocycles. The molecule has 0 fully saturated rings. The van der Waals surface area contributed by atoms with Gasteiger partial charge in [-0.3, -0.25) is 14.9 Å². The van der Waals surface area contributed by atoms with Gasteiger partial charge in [0.25, 0.3) is 5.91 Å². The molecule has 0 radical (unpaired) electrons. The standard InChI is InChI=1S/C14H14N4O6/c1-15-13(21)16-10(19)8-23-11(20)7-18-14(22)24-12(17-18)9-5-3-2-4-6-9/h2-6H,7-8H2,1H3,(H2,15,16,19,21). The maximum Gasteiger partial charge on any atom is 0.437 e. The van der Waals surface area contributed by atoms with Crippen LogP contribution in [0.3, 0.4) is 0 Å². The Labute approximate surface area is 135 Å². The van der Waals surface area contributed by atoms with Crippen LogP contribution in [0.5, 0.6) is 0 Å². The van der Waals surface area contributed by atoms with E-state index in [0.29, 0.717) is 5.56 Å². The Morgan fingerprint density at radius 2 is 1.96 bits per heavy atom. The van der Waals surface area contributed by atoms with Crippen molar-refractivity contribution in [1.29, 1.82) is 0 Å². The quantitative estimate of drug-likeness (QED) is 0.704. The number of nitrogens with zero attached hydrogens (tertiary/aromatic N) is 2. The van der Waals surface area contributed by atoms with Crippen molar-refractivity contribution in [3.63, 3.8) is 0 Å². The molecule has 2 rings (SSSR count). The first kappa shape index (κ1) is 16.9. The first-order chi connectivity index (χ1) is 11.5. The molecular weight excluding hydrogens is 320 g/mol. The molecule has 2 N–H and O–H groups in total. The number of nitrogens with one attached hydrogen (secondary N) is 2. The lowest BCUT2D eigenvalue weighted by Gasteiger charge is -2.04. The molecular formula is C14H14N4O6. The van der Waals surface area contributed by atoms with Crippen molar-refractivity contribution in [2.45, 2.75) is 6.54 Å². The van der Waals surface area contributed by atoms with E-state index in [9.17, 15) is 19.2 Å². The van der Waals surface area contributed by atoms with Crippen LogP contribution in [0.25, 0.3) is 11.5 Å². The Bertz CT molecular complexity index is 795. The van der Waals surface area contributed by atoms with Crippen LogP contribution >= 0.6 is 0 Å². The molecule has 24 heavy (non-hydrogen) atoms. The van der Waals surface area contributed by atoms with E-state index in [0.717, 1.165) is 4.68 Å². The number of carbonyl (C=O) groups is 3. The molecule has 0 aliphatic rings. The van der Waals surface area contributed by atoms with Gasteiger partial charge in [-0.2, -0.15) is 4.68 Å². The number of carbonyl (C=O) groups excluding carboxylic acids is 3. The molecule has 3 amide bonds. The van der Waals surface area contributed by atoms with Crippen molar-refractivity contribution in [2.75, 3.05) is 13.7 Å². The summed E-state index contributed by atoms with van der Waals surface area (Å²) in [6, 6.07) is 7.94. The third-order valence-corrected chi connectivity index (χ3v) is 2.75. The Morgan fingerprint density at radius 1 is 1.25 bits per heavy atom. The topological polar surface area (TPSA) is 133 Å². The van der Waals surface area contributed by atoms with Gasteiger partial charge in [0.05, 0.1) is 0 Å². The van der Waals surface area contributed by atoms with Crippen LogP contribution in [0.2, 0.25) is 0 Å². The fourth-order valence-corrected chi connectivity index (χ4v) is 1.64. The summed E-state index contributed by atoms with van der Waals surface area (Å²) >= 11 is 0. The van der Waals surface area contributed by atoms with Crippen molar-refractivity contribution >= 4 is 17.9 Å². The highest BCUT2D eigenvalue weighted by Crippen LogP contribution is 2.13. The number of imide groups is 1. The summed E-state index contributed by atoms with van der Waals surface area (Å²) in [5.41, 5.74) is 0.576. The monoisotopic (exact) mass is 334 g/mol. The predicted octanol–water partition coefficient (Wildman–Crippen LogP) is -0.498. The molecule has 1 aromatic carbocycles.